The maximum absolute atomic E-state index is 12.3. The van der Waals surface area contributed by atoms with E-state index in [1.165, 1.54) is 0 Å². The van der Waals surface area contributed by atoms with Crippen LogP contribution in [0.25, 0.3) is 10.2 Å². The van der Waals surface area contributed by atoms with Crippen LogP contribution in [0.4, 0.5) is 5.82 Å². The van der Waals surface area contributed by atoms with Crippen LogP contribution in [-0.4, -0.2) is 58.5 Å². The number of thiazole rings is 1. The second-order valence-corrected chi connectivity index (χ2v) is 7.11. The topological polar surface area (TPSA) is 71.5 Å². The van der Waals surface area contributed by atoms with Gasteiger partial charge in [0.15, 0.2) is 0 Å². The number of carbonyl (C=O) groups is 1. The van der Waals surface area contributed by atoms with Gasteiger partial charge in [-0.15, -0.1) is 11.3 Å². The predicted molar refractivity (Wildman–Crippen MR) is 100 cm³/mol. The van der Waals surface area contributed by atoms with Crippen molar-refractivity contribution in [3.63, 3.8) is 0 Å². The first-order valence-electron chi connectivity index (χ1n) is 8.50. The van der Waals surface area contributed by atoms with E-state index < -0.39 is 0 Å². The Morgan fingerprint density at radius 1 is 1.15 bits per heavy atom. The first-order chi connectivity index (χ1) is 12.8. The molecule has 1 aromatic carbocycles. The summed E-state index contributed by atoms with van der Waals surface area (Å²) < 4.78 is 6.73. The van der Waals surface area contributed by atoms with E-state index >= 15 is 0 Å². The zero-order valence-electron chi connectivity index (χ0n) is 14.2. The predicted octanol–water partition coefficient (Wildman–Crippen LogP) is 1.95. The Hall–Kier alpha value is -2.58. The number of nitrogens with zero attached hydrogens (tertiary/aromatic N) is 5. The molecule has 1 saturated heterocycles. The lowest BCUT2D eigenvalue weighted by Crippen LogP contribution is -2.50. The number of anilines is 1. The monoisotopic (exact) mass is 369 g/mol. The minimum Gasteiger partial charge on any atom is -0.364 e. The summed E-state index contributed by atoms with van der Waals surface area (Å²) in [5.74, 6) is 0.872. The van der Waals surface area contributed by atoms with Gasteiger partial charge in [0.1, 0.15) is 17.4 Å². The normalized spacial score (nSPS) is 14.8. The molecule has 0 saturated carbocycles. The van der Waals surface area contributed by atoms with E-state index in [1.54, 1.807) is 29.9 Å². The van der Waals surface area contributed by atoms with Crippen molar-refractivity contribution >= 4 is 33.3 Å². The number of ether oxygens (including phenoxy) is 1. The van der Waals surface area contributed by atoms with Crippen LogP contribution in [0.15, 0.2) is 42.9 Å². The van der Waals surface area contributed by atoms with E-state index in [9.17, 15) is 4.79 Å². The summed E-state index contributed by atoms with van der Waals surface area (Å²) in [6.07, 6.45) is 5.09. The zero-order valence-corrected chi connectivity index (χ0v) is 15.1. The van der Waals surface area contributed by atoms with Crippen molar-refractivity contribution in [1.82, 2.24) is 19.9 Å². The summed E-state index contributed by atoms with van der Waals surface area (Å²) in [6, 6.07) is 7.99. The molecule has 0 spiro atoms. The molecule has 1 aliphatic heterocycles. The van der Waals surface area contributed by atoms with E-state index in [4.69, 9.17) is 4.74 Å². The SMILES string of the molecule is O=C(COCc1nc2ccccc2s1)N1CCN(c2cnccn2)CC1. The molecule has 1 fully saturated rings. The number of carbonyl (C=O) groups excluding carboxylic acids is 1. The van der Waals surface area contributed by atoms with Gasteiger partial charge in [-0.2, -0.15) is 0 Å². The Balaban J connectivity index is 1.24. The molecule has 134 valence electrons. The lowest BCUT2D eigenvalue weighted by Gasteiger charge is -2.35. The molecule has 7 nitrogen and oxygen atoms in total. The van der Waals surface area contributed by atoms with Gasteiger partial charge in [-0.3, -0.25) is 9.78 Å². The Kier molecular flexibility index (Phi) is 5.03. The fourth-order valence-electron chi connectivity index (χ4n) is 2.94. The van der Waals surface area contributed by atoms with Gasteiger partial charge in [0, 0.05) is 38.6 Å². The number of benzene rings is 1. The molecule has 1 aliphatic rings. The summed E-state index contributed by atoms with van der Waals surface area (Å²) in [5, 5.41) is 0.895. The highest BCUT2D eigenvalue weighted by Crippen LogP contribution is 2.22. The molecule has 0 radical (unpaired) electrons. The van der Waals surface area contributed by atoms with Gasteiger partial charge in [-0.25, -0.2) is 9.97 Å². The second-order valence-electron chi connectivity index (χ2n) is 6.00. The van der Waals surface area contributed by atoms with Crippen LogP contribution in [0.2, 0.25) is 0 Å². The third kappa shape index (κ3) is 3.81. The molecule has 3 aromatic rings. The van der Waals surface area contributed by atoms with Crippen molar-refractivity contribution in [2.75, 3.05) is 37.7 Å². The number of hydrogen-bond acceptors (Lipinski definition) is 7. The van der Waals surface area contributed by atoms with E-state index in [2.05, 4.69) is 19.9 Å². The number of aromatic nitrogens is 3. The highest BCUT2D eigenvalue weighted by molar-refractivity contribution is 7.18. The Morgan fingerprint density at radius 3 is 2.77 bits per heavy atom. The minimum absolute atomic E-state index is 0.0184. The molecular formula is C18H19N5O2S. The highest BCUT2D eigenvalue weighted by Gasteiger charge is 2.22. The summed E-state index contributed by atoms with van der Waals surface area (Å²) >= 11 is 1.60. The fourth-order valence-corrected chi connectivity index (χ4v) is 3.84. The van der Waals surface area contributed by atoms with Gasteiger partial charge >= 0.3 is 0 Å². The summed E-state index contributed by atoms with van der Waals surface area (Å²) in [6.45, 7) is 3.29. The van der Waals surface area contributed by atoms with Crippen molar-refractivity contribution in [3.05, 3.63) is 47.9 Å². The standard InChI is InChI=1S/C18H19N5O2S/c24-18(13-25-12-17-21-14-3-1-2-4-15(14)26-17)23-9-7-22(8-10-23)16-11-19-5-6-20-16/h1-6,11H,7-10,12-13H2. The Labute approximate surface area is 155 Å². The number of fused-ring (bicyclic) bond motifs is 1. The van der Waals surface area contributed by atoms with Crippen molar-refractivity contribution in [2.45, 2.75) is 6.61 Å². The molecule has 0 aliphatic carbocycles. The van der Waals surface area contributed by atoms with E-state index in [0.717, 1.165) is 34.1 Å². The molecule has 26 heavy (non-hydrogen) atoms. The first kappa shape index (κ1) is 16.9. The minimum atomic E-state index is 0.0184. The molecule has 0 atom stereocenters. The van der Waals surface area contributed by atoms with Crippen LogP contribution in [0, 0.1) is 0 Å². The largest absolute Gasteiger partial charge is 0.364 e. The molecule has 0 N–H and O–H groups in total. The van der Waals surface area contributed by atoms with Gasteiger partial charge in [0.05, 0.1) is 23.0 Å². The average Bonchev–Trinajstić information content (AvgIpc) is 3.11. The molecule has 8 heteroatoms. The number of amides is 1. The Bertz CT molecular complexity index is 844. The van der Waals surface area contributed by atoms with Crippen molar-refractivity contribution < 1.29 is 9.53 Å². The highest BCUT2D eigenvalue weighted by atomic mass is 32.1. The van der Waals surface area contributed by atoms with Gasteiger partial charge in [0.2, 0.25) is 5.91 Å². The average molecular weight is 369 g/mol. The smallest absolute Gasteiger partial charge is 0.248 e. The van der Waals surface area contributed by atoms with Crippen LogP contribution >= 0.6 is 11.3 Å². The Morgan fingerprint density at radius 2 is 2.00 bits per heavy atom. The second kappa shape index (κ2) is 7.76. The van der Waals surface area contributed by atoms with E-state index in [0.29, 0.717) is 19.7 Å². The van der Waals surface area contributed by atoms with Gasteiger partial charge in [-0.1, -0.05) is 12.1 Å². The molecule has 4 rings (SSSR count). The molecule has 2 aromatic heterocycles. The van der Waals surface area contributed by atoms with Crippen LogP contribution in [0.5, 0.6) is 0 Å². The maximum atomic E-state index is 12.3. The number of para-hydroxylation sites is 1. The van der Waals surface area contributed by atoms with Gasteiger partial charge in [-0.05, 0) is 12.1 Å². The van der Waals surface area contributed by atoms with Crippen molar-refractivity contribution in [3.8, 4) is 0 Å². The number of rotatable bonds is 5. The fraction of sp³-hybridized carbons (Fsp3) is 0.333. The lowest BCUT2D eigenvalue weighted by atomic mass is 10.3. The molecule has 3 heterocycles. The van der Waals surface area contributed by atoms with Crippen LogP contribution < -0.4 is 4.90 Å². The summed E-state index contributed by atoms with van der Waals surface area (Å²) in [4.78, 5) is 29.2. The first-order valence-corrected chi connectivity index (χ1v) is 9.32. The van der Waals surface area contributed by atoms with Gasteiger partial charge < -0.3 is 14.5 Å². The number of hydrogen-bond donors (Lipinski definition) is 0. The summed E-state index contributed by atoms with van der Waals surface area (Å²) in [5.41, 5.74) is 0.975. The third-order valence-corrected chi connectivity index (χ3v) is 5.31. The molecular weight excluding hydrogens is 350 g/mol. The third-order valence-electron chi connectivity index (χ3n) is 4.30. The van der Waals surface area contributed by atoms with Gasteiger partial charge in [0.25, 0.3) is 0 Å². The quantitative estimate of drug-likeness (QED) is 0.685. The van der Waals surface area contributed by atoms with E-state index in [1.807, 2.05) is 29.2 Å². The van der Waals surface area contributed by atoms with Crippen LogP contribution in [0.3, 0.4) is 0 Å². The zero-order chi connectivity index (χ0) is 17.8. The van der Waals surface area contributed by atoms with E-state index in [-0.39, 0.29) is 12.5 Å². The van der Waals surface area contributed by atoms with Crippen molar-refractivity contribution in [2.24, 2.45) is 0 Å². The maximum Gasteiger partial charge on any atom is 0.248 e. The molecule has 1 amide bonds. The van der Waals surface area contributed by atoms with Crippen molar-refractivity contribution in [1.29, 1.82) is 0 Å². The lowest BCUT2D eigenvalue weighted by molar-refractivity contribution is -0.136. The van der Waals surface area contributed by atoms with Crippen LogP contribution in [-0.2, 0) is 16.1 Å². The molecule has 0 bridgehead atoms. The molecule has 0 unspecified atom stereocenters. The summed E-state index contributed by atoms with van der Waals surface area (Å²) in [7, 11) is 0. The number of piperazine rings is 1. The van der Waals surface area contributed by atoms with Crippen LogP contribution in [0.1, 0.15) is 5.01 Å².